The molecule has 1 aromatic heterocycles. The molecule has 1 saturated carbocycles. The number of hydrogen-bond donors (Lipinski definition) is 2. The van der Waals surface area contributed by atoms with E-state index in [1.54, 1.807) is 17.0 Å². The third-order valence-corrected chi connectivity index (χ3v) is 11.3. The Balaban J connectivity index is 1.16. The molecule has 248 valence electrons. The summed E-state index contributed by atoms with van der Waals surface area (Å²) in [6, 6.07) is 9.02. The molecule has 5 heterocycles. The Labute approximate surface area is 273 Å². The van der Waals surface area contributed by atoms with Crippen LogP contribution in [0.4, 0.5) is 27.8 Å². The summed E-state index contributed by atoms with van der Waals surface area (Å²) in [5.74, 6) is -1.51. The van der Waals surface area contributed by atoms with Crippen molar-refractivity contribution in [2.45, 2.75) is 61.8 Å². The van der Waals surface area contributed by atoms with Gasteiger partial charge in [0.15, 0.2) is 5.82 Å². The summed E-state index contributed by atoms with van der Waals surface area (Å²) in [5, 5.41) is 15.3. The number of phenols is 1. The van der Waals surface area contributed by atoms with Crippen LogP contribution in [0.1, 0.15) is 37.7 Å². The molecule has 2 unspecified atom stereocenters. The van der Waals surface area contributed by atoms with Gasteiger partial charge < -0.3 is 20.1 Å². The number of aromatic nitrogens is 2. The van der Waals surface area contributed by atoms with E-state index < -0.39 is 34.7 Å². The van der Waals surface area contributed by atoms with Crippen molar-refractivity contribution in [2.75, 3.05) is 37.7 Å². The van der Waals surface area contributed by atoms with Crippen molar-refractivity contribution < 1.29 is 31.8 Å². The van der Waals surface area contributed by atoms with E-state index in [-0.39, 0.29) is 90.4 Å². The highest BCUT2D eigenvalue weighted by Gasteiger charge is 2.77. The number of halogens is 5. The van der Waals surface area contributed by atoms with E-state index in [2.05, 4.69) is 21.1 Å². The number of phenolic OH excluding ortho intramolecular Hbond substituents is 1. The van der Waals surface area contributed by atoms with Gasteiger partial charge in [-0.2, -0.15) is 9.97 Å². The second-order valence-electron chi connectivity index (χ2n) is 14.4. The molecule has 9 rings (SSSR count). The number of nitrogens with one attached hydrogen (secondary N) is 1. The Morgan fingerprint density at radius 1 is 1.02 bits per heavy atom. The largest absolute Gasteiger partial charge is 0.508 e. The van der Waals surface area contributed by atoms with Crippen LogP contribution in [0.2, 0.25) is 0 Å². The van der Waals surface area contributed by atoms with Crippen LogP contribution in [-0.4, -0.2) is 82.5 Å². The second kappa shape index (κ2) is 10.2. The van der Waals surface area contributed by atoms with Crippen LogP contribution < -0.4 is 15.0 Å². The van der Waals surface area contributed by atoms with Gasteiger partial charge in [-0.3, -0.25) is 4.90 Å². The number of fused-ring (bicyclic) bond motifs is 5. The molecule has 1 aliphatic carbocycles. The summed E-state index contributed by atoms with van der Waals surface area (Å²) in [6.45, 7) is 1.31. The van der Waals surface area contributed by atoms with Gasteiger partial charge in [-0.25, -0.2) is 22.0 Å². The normalized spacial score (nSPS) is 30.3. The maximum atomic E-state index is 16.9. The minimum atomic E-state index is -2.79. The number of rotatable bonds is 5. The van der Waals surface area contributed by atoms with E-state index in [1.165, 1.54) is 24.3 Å². The maximum absolute atomic E-state index is 16.9. The molecule has 2 bridgehead atoms. The van der Waals surface area contributed by atoms with E-state index in [1.807, 2.05) is 0 Å². The lowest BCUT2D eigenvalue weighted by Gasteiger charge is -2.34. The topological polar surface area (TPSA) is 73.8 Å². The summed E-state index contributed by atoms with van der Waals surface area (Å²) in [6.07, 6.45) is 6.45. The van der Waals surface area contributed by atoms with Crippen LogP contribution in [0.3, 0.4) is 0 Å². The summed E-state index contributed by atoms with van der Waals surface area (Å²) in [5.41, 5.74) is -2.01. The molecular weight excluding hydrogens is 629 g/mol. The zero-order chi connectivity index (χ0) is 33.2. The summed E-state index contributed by atoms with van der Waals surface area (Å²) < 4.78 is 81.6. The van der Waals surface area contributed by atoms with E-state index >= 15 is 4.39 Å². The van der Waals surface area contributed by atoms with Crippen LogP contribution >= 0.6 is 0 Å². The molecule has 7 nitrogen and oxygen atoms in total. The van der Waals surface area contributed by atoms with E-state index in [0.717, 1.165) is 12.8 Å². The lowest BCUT2D eigenvalue weighted by atomic mass is 9.88. The zero-order valence-corrected chi connectivity index (χ0v) is 25.9. The van der Waals surface area contributed by atoms with Crippen LogP contribution in [0.25, 0.3) is 32.8 Å². The molecule has 12 heteroatoms. The smallest absolute Gasteiger partial charge is 0.319 e. The molecule has 5 atom stereocenters. The Morgan fingerprint density at radius 3 is 2.52 bits per heavy atom. The van der Waals surface area contributed by atoms with Crippen molar-refractivity contribution in [3.63, 3.8) is 0 Å². The Morgan fingerprint density at radius 2 is 1.79 bits per heavy atom. The van der Waals surface area contributed by atoms with Crippen molar-refractivity contribution >= 4 is 27.5 Å². The molecule has 5 fully saturated rings. The SMILES string of the molecule is C#Cc1c(F)ccc2cc(O)cc(-c3ccc4c(N5CC6CCC(C5)N6)nc(OC[C@@]56C[C@@H](F)CN5C[C@@]5(CC5(F)F)C6)nc4c3F)c12. The first-order chi connectivity index (χ1) is 23.0. The molecule has 0 radical (unpaired) electrons. The molecule has 1 spiro atoms. The average Bonchev–Trinajstić information content (AvgIpc) is 3.30. The zero-order valence-electron chi connectivity index (χ0n) is 25.9. The number of nitrogens with zero attached hydrogens (tertiary/aromatic N) is 4. The van der Waals surface area contributed by atoms with Crippen LogP contribution in [0.15, 0.2) is 36.4 Å². The van der Waals surface area contributed by atoms with Crippen LogP contribution in [0.5, 0.6) is 11.8 Å². The molecule has 0 amide bonds. The van der Waals surface area contributed by atoms with Gasteiger partial charge in [-0.1, -0.05) is 18.1 Å². The summed E-state index contributed by atoms with van der Waals surface area (Å²) in [7, 11) is 0. The number of piperazine rings is 1. The number of anilines is 1. The van der Waals surface area contributed by atoms with Gasteiger partial charge in [0.25, 0.3) is 5.92 Å². The van der Waals surface area contributed by atoms with Crippen LogP contribution in [0, 0.1) is 29.4 Å². The van der Waals surface area contributed by atoms with E-state index in [0.29, 0.717) is 29.7 Å². The highest BCUT2D eigenvalue weighted by molar-refractivity contribution is 6.04. The van der Waals surface area contributed by atoms with Crippen molar-refractivity contribution in [1.29, 1.82) is 0 Å². The molecule has 4 aliphatic heterocycles. The third-order valence-electron chi connectivity index (χ3n) is 11.3. The minimum absolute atomic E-state index is 0.0380. The molecule has 2 N–H and O–H groups in total. The summed E-state index contributed by atoms with van der Waals surface area (Å²) >= 11 is 0. The molecule has 48 heavy (non-hydrogen) atoms. The Bertz CT molecular complexity index is 2060. The molecule has 4 saturated heterocycles. The number of alkyl halides is 3. The molecule has 4 aromatic rings. The predicted octanol–water partition coefficient (Wildman–Crippen LogP) is 5.95. The number of hydrogen-bond acceptors (Lipinski definition) is 7. The van der Waals surface area contributed by atoms with Crippen molar-refractivity contribution in [3.05, 3.63) is 53.6 Å². The summed E-state index contributed by atoms with van der Waals surface area (Å²) in [4.78, 5) is 13.1. The number of aromatic hydroxyl groups is 1. The minimum Gasteiger partial charge on any atom is -0.508 e. The van der Waals surface area contributed by atoms with E-state index in [4.69, 9.17) is 16.1 Å². The maximum Gasteiger partial charge on any atom is 0.319 e. The lowest BCUT2D eigenvalue weighted by Crippen LogP contribution is -2.51. The second-order valence-corrected chi connectivity index (χ2v) is 14.4. The van der Waals surface area contributed by atoms with Gasteiger partial charge >= 0.3 is 6.01 Å². The fourth-order valence-corrected chi connectivity index (χ4v) is 9.04. The van der Waals surface area contributed by atoms with Gasteiger partial charge in [0.05, 0.1) is 16.5 Å². The van der Waals surface area contributed by atoms with Gasteiger partial charge in [-0.05, 0) is 54.5 Å². The monoisotopic (exact) mass is 661 g/mol. The highest BCUT2D eigenvalue weighted by Crippen LogP contribution is 2.69. The van der Waals surface area contributed by atoms with Gasteiger partial charge in [0, 0.05) is 67.4 Å². The quantitative estimate of drug-likeness (QED) is 0.203. The molecular formula is C36H32F5N5O2. The average molecular weight is 662 g/mol. The third kappa shape index (κ3) is 4.39. The van der Waals surface area contributed by atoms with Crippen LogP contribution in [-0.2, 0) is 0 Å². The molecule has 5 aliphatic rings. The van der Waals surface area contributed by atoms with Crippen molar-refractivity contribution in [1.82, 2.24) is 20.2 Å². The first-order valence-electron chi connectivity index (χ1n) is 16.3. The highest BCUT2D eigenvalue weighted by atomic mass is 19.3. The molecule has 3 aromatic carbocycles. The first-order valence-corrected chi connectivity index (χ1v) is 16.3. The van der Waals surface area contributed by atoms with Gasteiger partial charge in [-0.15, -0.1) is 6.42 Å². The standard InChI is InChI=1S/C36H32F5N5O2/c1-2-24-28(38)8-3-19-9-23(47)10-27(29(19)24)25-6-7-26-31(30(25)39)43-33(44-32(26)45-13-21-4-5-22(14-45)42-21)48-18-35-11-20(37)12-46(35)17-34(15-35)16-36(34,40)41/h1,3,6-10,20-22,42,47H,4-5,11-18H2/t20-,21?,22?,34+,35+/m1/s1. The van der Waals surface area contributed by atoms with Gasteiger partial charge in [0.2, 0.25) is 0 Å². The number of benzene rings is 3. The van der Waals surface area contributed by atoms with Crippen molar-refractivity contribution in [3.8, 4) is 35.2 Å². The lowest BCUT2D eigenvalue weighted by molar-refractivity contribution is 0.0634. The first kappa shape index (κ1) is 29.9. The Hall–Kier alpha value is -4.21. The van der Waals surface area contributed by atoms with Crippen molar-refractivity contribution in [2.24, 2.45) is 5.41 Å². The van der Waals surface area contributed by atoms with E-state index in [9.17, 15) is 22.7 Å². The number of ether oxygens (including phenoxy) is 1. The fourth-order valence-electron chi connectivity index (χ4n) is 9.04. The number of terminal acetylenes is 1. The van der Waals surface area contributed by atoms with Gasteiger partial charge in [0.1, 0.15) is 35.7 Å². The fraction of sp³-hybridized carbons (Fsp3) is 0.444. The Kier molecular flexibility index (Phi) is 6.32. The predicted molar refractivity (Wildman–Crippen MR) is 170 cm³/mol.